The van der Waals surface area contributed by atoms with E-state index in [-0.39, 0.29) is 6.61 Å². The Hall–Kier alpha value is -3.67. The Bertz CT molecular complexity index is 1330. The summed E-state index contributed by atoms with van der Waals surface area (Å²) in [6, 6.07) is 12.8. The van der Waals surface area contributed by atoms with Crippen LogP contribution >= 0.6 is 0 Å². The van der Waals surface area contributed by atoms with Crippen LogP contribution in [0, 0.1) is 13.8 Å². The van der Waals surface area contributed by atoms with Crippen LogP contribution in [-0.2, 0) is 23.2 Å². The molecule has 2 heterocycles. The quantitative estimate of drug-likeness (QED) is 0.228. The zero-order chi connectivity index (χ0) is 20.5. The lowest BCUT2D eigenvalue weighted by molar-refractivity contribution is -0.138. The van der Waals surface area contributed by atoms with Crippen LogP contribution in [0.2, 0.25) is 0 Å². The van der Waals surface area contributed by atoms with Gasteiger partial charge in [0.05, 0.1) is 5.69 Å². The second-order valence-corrected chi connectivity index (χ2v) is 6.90. The molecule has 0 aliphatic carbocycles. The minimum Gasteiger partial charge on any atom is -0.458 e. The maximum Gasteiger partial charge on any atom is 0.336 e. The summed E-state index contributed by atoms with van der Waals surface area (Å²) in [4.78, 5) is 24.2. The van der Waals surface area contributed by atoms with Gasteiger partial charge in [-0.15, -0.1) is 0 Å². The summed E-state index contributed by atoms with van der Waals surface area (Å²) in [7, 11) is 1.86. The van der Waals surface area contributed by atoms with E-state index in [9.17, 15) is 9.59 Å². The van der Waals surface area contributed by atoms with Gasteiger partial charge < -0.3 is 9.15 Å². The maximum atomic E-state index is 12.3. The minimum absolute atomic E-state index is 0.0235. The first kappa shape index (κ1) is 18.7. The molecule has 2 aromatic carbocycles. The molecular weight excluding hydrogens is 368 g/mol. The second-order valence-electron chi connectivity index (χ2n) is 6.90. The third-order valence-electron chi connectivity index (χ3n) is 5.04. The van der Waals surface area contributed by atoms with Crippen molar-refractivity contribution >= 4 is 33.8 Å². The predicted octanol–water partition coefficient (Wildman–Crippen LogP) is 4.05. The number of rotatable bonds is 4. The Labute approximate surface area is 167 Å². The lowest BCUT2D eigenvalue weighted by Crippen LogP contribution is -2.06. The number of hydrogen-bond acceptors (Lipinski definition) is 5. The van der Waals surface area contributed by atoms with E-state index < -0.39 is 11.6 Å². The smallest absolute Gasteiger partial charge is 0.336 e. The van der Waals surface area contributed by atoms with E-state index in [4.69, 9.17) is 9.15 Å². The van der Waals surface area contributed by atoms with Gasteiger partial charge in [-0.2, -0.15) is 5.10 Å². The molecular formula is C23H20N2O4. The molecule has 4 rings (SSSR count). The number of aromatic nitrogens is 2. The van der Waals surface area contributed by atoms with Gasteiger partial charge in [0.15, 0.2) is 0 Å². The third kappa shape index (κ3) is 3.57. The fourth-order valence-corrected chi connectivity index (χ4v) is 3.51. The molecule has 0 saturated carbocycles. The highest BCUT2D eigenvalue weighted by Gasteiger charge is 2.12. The highest BCUT2D eigenvalue weighted by atomic mass is 16.5. The zero-order valence-corrected chi connectivity index (χ0v) is 16.4. The topological polar surface area (TPSA) is 74.3 Å². The Balaban J connectivity index is 1.62. The molecule has 0 radical (unpaired) electrons. The maximum absolute atomic E-state index is 12.3. The first-order valence-electron chi connectivity index (χ1n) is 9.23. The summed E-state index contributed by atoms with van der Waals surface area (Å²) in [5.41, 5.74) is 3.30. The molecule has 4 aromatic rings. The lowest BCUT2D eigenvalue weighted by Gasteiger charge is -2.08. The van der Waals surface area contributed by atoms with Crippen LogP contribution in [0.1, 0.15) is 22.5 Å². The molecule has 29 heavy (non-hydrogen) atoms. The summed E-state index contributed by atoms with van der Waals surface area (Å²) < 4.78 is 12.5. The molecule has 0 atom stereocenters. The standard InChI is InChI=1S/C23H20N2O4/c1-14-18(15(2)25(3)24-14)9-11-21(26)28-13-17-12-22(27)29-20-10-8-16-6-4-5-7-19(16)23(17)20/h4-12H,13H2,1-3H3/b11-9+. The molecule has 0 unspecified atom stereocenters. The van der Waals surface area contributed by atoms with Crippen molar-refractivity contribution < 1.29 is 13.9 Å². The van der Waals surface area contributed by atoms with Crippen LogP contribution < -0.4 is 5.63 Å². The highest BCUT2D eigenvalue weighted by Crippen LogP contribution is 2.27. The van der Waals surface area contributed by atoms with Crippen molar-refractivity contribution in [2.75, 3.05) is 0 Å². The number of fused-ring (bicyclic) bond motifs is 3. The normalized spacial score (nSPS) is 11.6. The molecule has 0 bridgehead atoms. The van der Waals surface area contributed by atoms with Gasteiger partial charge in [-0.3, -0.25) is 4.68 Å². The van der Waals surface area contributed by atoms with E-state index in [2.05, 4.69) is 5.10 Å². The van der Waals surface area contributed by atoms with E-state index in [0.29, 0.717) is 11.1 Å². The summed E-state index contributed by atoms with van der Waals surface area (Å²) in [5, 5.41) is 7.06. The molecule has 0 aliphatic rings. The Morgan fingerprint density at radius 1 is 1.21 bits per heavy atom. The monoisotopic (exact) mass is 388 g/mol. The molecule has 0 aliphatic heterocycles. The first-order valence-corrected chi connectivity index (χ1v) is 9.23. The number of carbonyl (C=O) groups is 1. The van der Waals surface area contributed by atoms with Crippen molar-refractivity contribution in [3.8, 4) is 0 Å². The van der Waals surface area contributed by atoms with E-state index in [1.807, 2.05) is 51.2 Å². The fraction of sp³-hybridized carbons (Fsp3) is 0.174. The van der Waals surface area contributed by atoms with Crippen LogP contribution in [0.25, 0.3) is 27.8 Å². The van der Waals surface area contributed by atoms with Crippen molar-refractivity contribution in [1.29, 1.82) is 0 Å². The van der Waals surface area contributed by atoms with Gasteiger partial charge in [-0.25, -0.2) is 9.59 Å². The van der Waals surface area contributed by atoms with Crippen LogP contribution in [0.3, 0.4) is 0 Å². The van der Waals surface area contributed by atoms with Crippen LogP contribution in [0.15, 0.2) is 57.8 Å². The Morgan fingerprint density at radius 3 is 2.76 bits per heavy atom. The van der Waals surface area contributed by atoms with Gasteiger partial charge >= 0.3 is 11.6 Å². The summed E-state index contributed by atoms with van der Waals surface area (Å²) in [6.07, 6.45) is 3.08. The largest absolute Gasteiger partial charge is 0.458 e. The van der Waals surface area contributed by atoms with Crippen molar-refractivity contribution in [3.63, 3.8) is 0 Å². The molecule has 2 aromatic heterocycles. The third-order valence-corrected chi connectivity index (χ3v) is 5.04. The van der Waals surface area contributed by atoms with Crippen molar-refractivity contribution in [1.82, 2.24) is 9.78 Å². The number of hydrogen-bond donors (Lipinski definition) is 0. The van der Waals surface area contributed by atoms with Crippen molar-refractivity contribution in [2.24, 2.45) is 7.05 Å². The number of benzene rings is 2. The number of nitrogens with zero attached hydrogens (tertiary/aromatic N) is 2. The molecule has 0 spiro atoms. The zero-order valence-electron chi connectivity index (χ0n) is 16.4. The summed E-state index contributed by atoms with van der Waals surface area (Å²) >= 11 is 0. The molecule has 6 nitrogen and oxygen atoms in total. The second kappa shape index (κ2) is 7.39. The number of aryl methyl sites for hydroxylation is 2. The average molecular weight is 388 g/mol. The predicted molar refractivity (Wildman–Crippen MR) is 112 cm³/mol. The van der Waals surface area contributed by atoms with Gasteiger partial charge in [-0.1, -0.05) is 30.3 Å². The van der Waals surface area contributed by atoms with Crippen molar-refractivity contribution in [2.45, 2.75) is 20.5 Å². The lowest BCUT2D eigenvalue weighted by atomic mass is 10.0. The van der Waals surface area contributed by atoms with E-state index in [0.717, 1.165) is 33.1 Å². The SMILES string of the molecule is Cc1nn(C)c(C)c1/C=C/C(=O)OCc1cc(=O)oc2ccc3ccccc3c12. The van der Waals surface area contributed by atoms with E-state index in [1.54, 1.807) is 16.8 Å². The Kier molecular flexibility index (Phi) is 4.76. The van der Waals surface area contributed by atoms with Crippen molar-refractivity contribution in [3.05, 3.63) is 81.5 Å². The summed E-state index contributed by atoms with van der Waals surface area (Å²) in [6.45, 7) is 3.80. The van der Waals surface area contributed by atoms with Gasteiger partial charge in [0.25, 0.3) is 0 Å². The highest BCUT2D eigenvalue weighted by molar-refractivity contribution is 6.07. The van der Waals surface area contributed by atoms with E-state index in [1.165, 1.54) is 12.1 Å². The minimum atomic E-state index is -0.491. The number of carbonyl (C=O) groups excluding carboxylic acids is 1. The van der Waals surface area contributed by atoms with Gasteiger partial charge in [-0.05, 0) is 36.8 Å². The number of ether oxygens (including phenoxy) is 1. The Morgan fingerprint density at radius 2 is 2.00 bits per heavy atom. The molecule has 0 saturated heterocycles. The molecule has 0 fully saturated rings. The van der Waals surface area contributed by atoms with E-state index >= 15 is 0 Å². The average Bonchev–Trinajstić information content (AvgIpc) is 2.95. The van der Waals surface area contributed by atoms with Gasteiger partial charge in [0.1, 0.15) is 12.2 Å². The molecule has 0 N–H and O–H groups in total. The van der Waals surface area contributed by atoms with Gasteiger partial charge in [0, 0.05) is 41.4 Å². The van der Waals surface area contributed by atoms with Crippen LogP contribution in [0.5, 0.6) is 0 Å². The fourth-order valence-electron chi connectivity index (χ4n) is 3.51. The summed E-state index contributed by atoms with van der Waals surface area (Å²) in [5.74, 6) is -0.491. The first-order chi connectivity index (χ1) is 13.9. The number of esters is 1. The molecule has 6 heteroatoms. The van der Waals surface area contributed by atoms with Crippen LogP contribution in [-0.4, -0.2) is 15.7 Å². The van der Waals surface area contributed by atoms with Gasteiger partial charge in [0.2, 0.25) is 0 Å². The molecule has 146 valence electrons. The van der Waals surface area contributed by atoms with Crippen LogP contribution in [0.4, 0.5) is 0 Å². The molecule has 0 amide bonds.